The number of thiophene rings is 1. The van der Waals surface area contributed by atoms with E-state index in [-0.39, 0.29) is 18.0 Å². The highest BCUT2D eigenvalue weighted by molar-refractivity contribution is 7.17. The van der Waals surface area contributed by atoms with Crippen molar-refractivity contribution in [2.75, 3.05) is 5.32 Å². The molecular formula is C19H22N2O3S. The third-order valence-electron chi connectivity index (χ3n) is 4.21. The summed E-state index contributed by atoms with van der Waals surface area (Å²) in [5.41, 5.74) is 2.03. The number of carbonyl (C=O) groups is 2. The summed E-state index contributed by atoms with van der Waals surface area (Å²) in [5.74, 6) is -0.0381. The number of carbonyl (C=O) groups excluding carboxylic acids is 2. The van der Waals surface area contributed by atoms with E-state index in [1.165, 1.54) is 22.4 Å². The molecule has 0 fully saturated rings. The lowest BCUT2D eigenvalue weighted by atomic mass is 9.88. The predicted octanol–water partition coefficient (Wildman–Crippen LogP) is 4.09. The standard InChI is InChI=1S/C19H22N2O3S/c1-11(2)24-19(23)16-14-7-6-12(3)9-15(14)25-18(16)21-17(22)13-5-4-8-20-10-13/h4-5,8,10-12H,6-7,9H2,1-3H3,(H,21,22)/t12-/m0/s1. The number of rotatable bonds is 4. The number of hydrogen-bond donors (Lipinski definition) is 1. The Morgan fingerprint density at radius 1 is 1.40 bits per heavy atom. The maximum atomic E-state index is 12.6. The first-order chi connectivity index (χ1) is 12.0. The van der Waals surface area contributed by atoms with Gasteiger partial charge in [0.1, 0.15) is 5.00 Å². The van der Waals surface area contributed by atoms with E-state index < -0.39 is 0 Å². The van der Waals surface area contributed by atoms with E-state index in [1.54, 1.807) is 18.3 Å². The summed E-state index contributed by atoms with van der Waals surface area (Å²) < 4.78 is 5.42. The van der Waals surface area contributed by atoms with Crippen molar-refractivity contribution in [2.24, 2.45) is 5.92 Å². The number of nitrogens with one attached hydrogen (secondary N) is 1. The van der Waals surface area contributed by atoms with Crippen molar-refractivity contribution in [3.05, 3.63) is 46.1 Å². The fraction of sp³-hybridized carbons (Fsp3) is 0.421. The van der Waals surface area contributed by atoms with Crippen LogP contribution in [-0.2, 0) is 17.6 Å². The lowest BCUT2D eigenvalue weighted by Gasteiger charge is -2.18. The number of anilines is 1. The van der Waals surface area contributed by atoms with Gasteiger partial charge in [0.15, 0.2) is 0 Å². The van der Waals surface area contributed by atoms with Gasteiger partial charge in [-0.2, -0.15) is 0 Å². The molecule has 0 aliphatic heterocycles. The van der Waals surface area contributed by atoms with Gasteiger partial charge in [-0.1, -0.05) is 6.92 Å². The molecule has 0 aromatic carbocycles. The first-order valence-electron chi connectivity index (χ1n) is 8.52. The minimum atomic E-state index is -0.358. The lowest BCUT2D eigenvalue weighted by molar-refractivity contribution is 0.0378. The zero-order chi connectivity index (χ0) is 18.0. The Labute approximate surface area is 151 Å². The van der Waals surface area contributed by atoms with Crippen LogP contribution in [0.2, 0.25) is 0 Å². The fourth-order valence-corrected chi connectivity index (χ4v) is 4.39. The van der Waals surface area contributed by atoms with Crippen LogP contribution in [0.1, 0.15) is 58.3 Å². The molecule has 0 spiro atoms. The molecule has 1 N–H and O–H groups in total. The second-order valence-electron chi connectivity index (χ2n) is 6.71. The van der Waals surface area contributed by atoms with Crippen molar-refractivity contribution in [2.45, 2.75) is 46.1 Å². The van der Waals surface area contributed by atoms with Crippen molar-refractivity contribution < 1.29 is 14.3 Å². The van der Waals surface area contributed by atoms with Gasteiger partial charge in [0, 0.05) is 17.3 Å². The van der Waals surface area contributed by atoms with Crippen LogP contribution in [0.4, 0.5) is 5.00 Å². The third kappa shape index (κ3) is 3.90. The van der Waals surface area contributed by atoms with E-state index >= 15 is 0 Å². The fourth-order valence-electron chi connectivity index (χ4n) is 3.00. The van der Waals surface area contributed by atoms with E-state index in [0.717, 1.165) is 24.8 Å². The quantitative estimate of drug-likeness (QED) is 0.836. The topological polar surface area (TPSA) is 68.3 Å². The molecule has 3 rings (SSSR count). The van der Waals surface area contributed by atoms with E-state index in [2.05, 4.69) is 17.2 Å². The van der Waals surface area contributed by atoms with Gasteiger partial charge in [0.25, 0.3) is 5.91 Å². The molecule has 1 amide bonds. The van der Waals surface area contributed by atoms with E-state index in [4.69, 9.17) is 4.74 Å². The van der Waals surface area contributed by atoms with Crippen molar-refractivity contribution in [3.63, 3.8) is 0 Å². The van der Waals surface area contributed by atoms with Crippen molar-refractivity contribution >= 4 is 28.2 Å². The number of pyridine rings is 1. The first kappa shape index (κ1) is 17.6. The lowest BCUT2D eigenvalue weighted by Crippen LogP contribution is -2.18. The predicted molar refractivity (Wildman–Crippen MR) is 98.2 cm³/mol. The molecule has 2 aromatic rings. The summed E-state index contributed by atoms with van der Waals surface area (Å²) in [7, 11) is 0. The molecule has 2 heterocycles. The minimum Gasteiger partial charge on any atom is -0.459 e. The smallest absolute Gasteiger partial charge is 0.341 e. The maximum Gasteiger partial charge on any atom is 0.341 e. The number of esters is 1. The van der Waals surface area contributed by atoms with Crippen LogP contribution >= 0.6 is 11.3 Å². The number of aromatic nitrogens is 1. The van der Waals surface area contributed by atoms with Crippen LogP contribution in [0, 0.1) is 5.92 Å². The summed E-state index contributed by atoms with van der Waals surface area (Å²) in [4.78, 5) is 30.3. The Bertz CT molecular complexity index is 783. The molecule has 6 heteroatoms. The van der Waals surface area contributed by atoms with E-state index in [9.17, 15) is 9.59 Å². The van der Waals surface area contributed by atoms with Crippen LogP contribution < -0.4 is 5.32 Å². The summed E-state index contributed by atoms with van der Waals surface area (Å²) in [5, 5.41) is 3.47. The van der Waals surface area contributed by atoms with Gasteiger partial charge in [-0.05, 0) is 56.7 Å². The van der Waals surface area contributed by atoms with Crippen molar-refractivity contribution in [3.8, 4) is 0 Å². The second-order valence-corrected chi connectivity index (χ2v) is 7.81. The van der Waals surface area contributed by atoms with E-state index in [0.29, 0.717) is 22.0 Å². The molecule has 0 saturated heterocycles. The van der Waals surface area contributed by atoms with Gasteiger partial charge in [-0.15, -0.1) is 11.3 Å². The molecule has 132 valence electrons. The van der Waals surface area contributed by atoms with Gasteiger partial charge < -0.3 is 10.1 Å². The molecule has 0 saturated carbocycles. The van der Waals surface area contributed by atoms with Gasteiger partial charge in [0.2, 0.25) is 0 Å². The summed E-state index contributed by atoms with van der Waals surface area (Å²) in [6.07, 6.45) is 5.75. The molecule has 1 aliphatic rings. The summed E-state index contributed by atoms with van der Waals surface area (Å²) in [6, 6.07) is 3.41. The minimum absolute atomic E-state index is 0.201. The molecule has 2 aromatic heterocycles. The summed E-state index contributed by atoms with van der Waals surface area (Å²) in [6.45, 7) is 5.86. The second kappa shape index (κ2) is 7.35. The number of amides is 1. The number of hydrogen-bond acceptors (Lipinski definition) is 5. The highest BCUT2D eigenvalue weighted by Crippen LogP contribution is 2.40. The molecule has 5 nitrogen and oxygen atoms in total. The van der Waals surface area contributed by atoms with Crippen LogP contribution in [-0.4, -0.2) is 23.0 Å². The van der Waals surface area contributed by atoms with Crippen molar-refractivity contribution in [1.82, 2.24) is 4.98 Å². The molecular weight excluding hydrogens is 336 g/mol. The molecule has 0 unspecified atom stereocenters. The van der Waals surface area contributed by atoms with Gasteiger partial charge in [-0.3, -0.25) is 9.78 Å². The number of fused-ring (bicyclic) bond motifs is 1. The highest BCUT2D eigenvalue weighted by atomic mass is 32.1. The molecule has 0 radical (unpaired) electrons. The zero-order valence-corrected chi connectivity index (χ0v) is 15.5. The van der Waals surface area contributed by atoms with Crippen molar-refractivity contribution in [1.29, 1.82) is 0 Å². The average molecular weight is 358 g/mol. The van der Waals surface area contributed by atoms with Crippen LogP contribution in [0.25, 0.3) is 0 Å². The number of nitrogens with zero attached hydrogens (tertiary/aromatic N) is 1. The largest absolute Gasteiger partial charge is 0.459 e. The maximum absolute atomic E-state index is 12.6. The molecule has 0 bridgehead atoms. The molecule has 1 aliphatic carbocycles. The Kier molecular flexibility index (Phi) is 5.18. The molecule has 25 heavy (non-hydrogen) atoms. The Morgan fingerprint density at radius 3 is 2.88 bits per heavy atom. The van der Waals surface area contributed by atoms with Gasteiger partial charge in [-0.25, -0.2) is 4.79 Å². The van der Waals surface area contributed by atoms with Gasteiger partial charge in [0.05, 0.1) is 17.2 Å². The Morgan fingerprint density at radius 2 is 2.20 bits per heavy atom. The highest BCUT2D eigenvalue weighted by Gasteiger charge is 2.29. The Balaban J connectivity index is 1.94. The summed E-state index contributed by atoms with van der Waals surface area (Å²) >= 11 is 1.49. The normalized spacial score (nSPS) is 16.4. The van der Waals surface area contributed by atoms with Crippen LogP contribution in [0.3, 0.4) is 0 Å². The SMILES string of the molecule is CC(C)OC(=O)c1c(NC(=O)c2cccnc2)sc2c1CC[C@H](C)C2. The number of ether oxygens (including phenoxy) is 1. The molecule has 1 atom stereocenters. The average Bonchev–Trinajstić information content (AvgIpc) is 2.91. The monoisotopic (exact) mass is 358 g/mol. The van der Waals surface area contributed by atoms with Gasteiger partial charge >= 0.3 is 5.97 Å². The zero-order valence-electron chi connectivity index (χ0n) is 14.7. The Hall–Kier alpha value is -2.21. The first-order valence-corrected chi connectivity index (χ1v) is 9.34. The third-order valence-corrected chi connectivity index (χ3v) is 5.38. The van der Waals surface area contributed by atoms with E-state index in [1.807, 2.05) is 13.8 Å². The van der Waals surface area contributed by atoms with Crippen LogP contribution in [0.5, 0.6) is 0 Å². The van der Waals surface area contributed by atoms with Crippen LogP contribution in [0.15, 0.2) is 24.5 Å².